The number of hydrogen-bond donors (Lipinski definition) is 1. The summed E-state index contributed by atoms with van der Waals surface area (Å²) in [7, 11) is 0. The van der Waals surface area contributed by atoms with Crippen LogP contribution in [-0.2, 0) is 14.4 Å². The van der Waals surface area contributed by atoms with Gasteiger partial charge in [0.25, 0.3) is 0 Å². The Labute approximate surface area is 134 Å². The molecule has 1 amide bonds. The van der Waals surface area contributed by atoms with Crippen LogP contribution in [0.25, 0.3) is 0 Å². The van der Waals surface area contributed by atoms with E-state index in [2.05, 4.69) is 5.73 Å². The number of alkyl halides is 2. The third-order valence-corrected chi connectivity index (χ3v) is 0.635. The van der Waals surface area contributed by atoms with Gasteiger partial charge in [0.05, 0.1) is 11.9 Å². The molecule has 0 aliphatic carbocycles. The van der Waals surface area contributed by atoms with Crippen LogP contribution in [0.5, 0.6) is 0 Å². The van der Waals surface area contributed by atoms with Gasteiger partial charge in [0.2, 0.25) is 0 Å². The van der Waals surface area contributed by atoms with Crippen molar-refractivity contribution >= 4 is 41.4 Å². The van der Waals surface area contributed by atoms with E-state index in [-0.39, 0.29) is 64.6 Å². The first kappa shape index (κ1) is 29.4. The Morgan fingerprint density at radius 1 is 1.29 bits per heavy atom. The largest absolute Gasteiger partial charge is 1.00 e. The van der Waals surface area contributed by atoms with Gasteiger partial charge in [0.1, 0.15) is 4.84 Å². The molecule has 0 radical (unpaired) electrons. The van der Waals surface area contributed by atoms with Gasteiger partial charge in [0, 0.05) is 0 Å². The molecule has 0 aromatic carbocycles. The van der Waals surface area contributed by atoms with Crippen LogP contribution in [0.1, 0.15) is 0 Å². The van der Waals surface area contributed by atoms with Crippen molar-refractivity contribution in [3.63, 3.8) is 0 Å². The molecule has 0 aliphatic heterocycles. The molecule has 0 aromatic heterocycles. The summed E-state index contributed by atoms with van der Waals surface area (Å²) >= 11 is 9.43. The Morgan fingerprint density at radius 2 is 1.43 bits per heavy atom. The number of aliphatic carboxylic acids is 1. The molecule has 14 heavy (non-hydrogen) atoms. The Morgan fingerprint density at radius 3 is 1.43 bits per heavy atom. The maximum atomic E-state index is 9.32. The molecule has 10 heteroatoms. The minimum atomic E-state index is -1.46. The summed E-state index contributed by atoms with van der Waals surface area (Å²) in [6.45, 7) is 0. The number of carboxylic acids is 1. The number of carbonyl (C=O) groups is 2. The van der Waals surface area contributed by atoms with Crippen molar-refractivity contribution in [3.8, 4) is 0 Å². The van der Waals surface area contributed by atoms with Crippen LogP contribution >= 0.6 is 23.2 Å². The van der Waals surface area contributed by atoms with Crippen LogP contribution in [0.2, 0.25) is 0 Å². The van der Waals surface area contributed by atoms with E-state index in [0.29, 0.717) is 0 Å². The molecule has 0 saturated carbocycles. The van der Waals surface area contributed by atoms with Crippen LogP contribution in [0, 0.1) is 0 Å². The Kier molecular flexibility index (Phi) is 41.4. The van der Waals surface area contributed by atoms with Gasteiger partial charge in [-0.15, -0.1) is 0 Å². The zero-order valence-corrected chi connectivity index (χ0v) is 13.0. The normalized spacial score (nSPS) is 6.21. The van der Waals surface area contributed by atoms with Gasteiger partial charge in [-0.05, 0) is 0 Å². The summed E-state index contributed by atoms with van der Waals surface area (Å²) in [5.74, 6) is -2.51. The monoisotopic (exact) mass is 262 g/mol. The van der Waals surface area contributed by atoms with E-state index >= 15 is 0 Å². The van der Waals surface area contributed by atoms with Crippen molar-refractivity contribution in [1.29, 1.82) is 0 Å². The minimum absolute atomic E-state index is 0. The van der Waals surface area contributed by atoms with Crippen molar-refractivity contribution in [1.82, 2.24) is 0 Å². The van der Waals surface area contributed by atoms with Crippen molar-refractivity contribution in [2.24, 2.45) is 5.73 Å². The number of carboxylic acid groups (broad SMARTS) is 1. The predicted octanol–water partition coefficient (Wildman–Crippen LogP) is -8.05. The Balaban J connectivity index is -0.0000000321. The van der Waals surface area contributed by atoms with Gasteiger partial charge in [-0.1, -0.05) is 23.2 Å². The van der Waals surface area contributed by atoms with Crippen molar-refractivity contribution < 1.29 is 84.1 Å². The molecule has 0 saturated heterocycles. The summed E-state index contributed by atoms with van der Waals surface area (Å²) in [6, 6.07) is 0. The van der Waals surface area contributed by atoms with Crippen molar-refractivity contribution in [2.75, 3.05) is 0 Å². The molecule has 0 bridgehead atoms. The van der Waals surface area contributed by atoms with Gasteiger partial charge in [0.15, 0.2) is 0 Å². The van der Waals surface area contributed by atoms with Crippen LogP contribution < -0.4 is 70.0 Å². The molecule has 6 nitrogen and oxygen atoms in total. The minimum Gasteiger partial charge on any atom is -0.870 e. The molecule has 0 atom stereocenters. The topological polar surface area (TPSA) is 130 Å². The maximum Gasteiger partial charge on any atom is 1.00 e. The van der Waals surface area contributed by atoms with E-state index in [9.17, 15) is 9.90 Å². The third-order valence-electron chi connectivity index (χ3n) is 0.279. The molecule has 0 aliphatic rings. The van der Waals surface area contributed by atoms with E-state index in [1.165, 1.54) is 0 Å². The summed E-state index contributed by atoms with van der Waals surface area (Å²) in [6.07, 6.45) is 0.917. The number of halogens is 2. The maximum absolute atomic E-state index is 9.32. The molecule has 0 spiro atoms. The zero-order valence-electron chi connectivity index (χ0n) is 7.49. The average molecular weight is 263 g/mol. The van der Waals surface area contributed by atoms with Gasteiger partial charge >= 0.3 is 59.1 Å². The van der Waals surface area contributed by atoms with Gasteiger partial charge < -0.3 is 30.7 Å². The van der Waals surface area contributed by atoms with E-state index in [1.54, 1.807) is 0 Å². The van der Waals surface area contributed by atoms with Crippen LogP contribution in [0.3, 0.4) is 0 Å². The summed E-state index contributed by atoms with van der Waals surface area (Å²) < 4.78 is 0. The first-order valence-electron chi connectivity index (χ1n) is 2.08. The molecular formula is C4H4Cl2NNa2O5-. The summed E-state index contributed by atoms with van der Waals surface area (Å²) in [4.78, 5) is 26.0. The number of primary amides is 1. The SMILES string of the molecule is NC(=O)[C-]=O.O=C([O-])C(Cl)Cl.[Na+].[Na+].[OH-]. The fourth-order valence-electron chi connectivity index (χ4n) is 0. The molecule has 0 aromatic rings. The second kappa shape index (κ2) is 19.7. The van der Waals surface area contributed by atoms with E-state index in [1.807, 2.05) is 0 Å². The fraction of sp³-hybridized carbons (Fsp3) is 0.250. The molecule has 72 valence electrons. The van der Waals surface area contributed by atoms with Crippen molar-refractivity contribution in [2.45, 2.75) is 4.84 Å². The summed E-state index contributed by atoms with van der Waals surface area (Å²) in [5.41, 5.74) is 4.23. The van der Waals surface area contributed by atoms with Gasteiger partial charge in [-0.25, -0.2) is 0 Å². The Bertz CT molecular complexity index is 168. The number of hydrogen-bond acceptors (Lipinski definition) is 5. The van der Waals surface area contributed by atoms with Gasteiger partial charge in [-0.2, -0.15) is 6.29 Å². The molecule has 0 fully saturated rings. The van der Waals surface area contributed by atoms with Crippen molar-refractivity contribution in [3.05, 3.63) is 0 Å². The molecule has 0 unspecified atom stereocenters. The first-order valence-corrected chi connectivity index (χ1v) is 2.95. The van der Waals surface area contributed by atoms with E-state index < -0.39 is 16.7 Å². The van der Waals surface area contributed by atoms with Crippen LogP contribution in [0.4, 0.5) is 0 Å². The van der Waals surface area contributed by atoms with E-state index in [0.717, 1.165) is 6.29 Å². The number of carbonyl (C=O) groups excluding carboxylic acids is 3. The number of amides is 1. The molecule has 3 N–H and O–H groups in total. The number of nitrogens with two attached hydrogens (primary N) is 1. The van der Waals surface area contributed by atoms with E-state index in [4.69, 9.17) is 32.8 Å². The second-order valence-corrected chi connectivity index (χ2v) is 2.18. The Hall–Kier alpha value is 1.15. The predicted molar refractivity (Wildman–Crippen MR) is 37.3 cm³/mol. The first-order chi connectivity index (χ1) is 4.91. The molecular weight excluding hydrogens is 259 g/mol. The smallest absolute Gasteiger partial charge is 0.870 e. The van der Waals surface area contributed by atoms with Crippen LogP contribution in [-0.4, -0.2) is 28.5 Å². The fourth-order valence-corrected chi connectivity index (χ4v) is 0. The summed E-state index contributed by atoms with van der Waals surface area (Å²) in [5, 5.41) is 9.32. The zero-order chi connectivity index (χ0) is 9.44. The standard InChI is InChI=1S/C2H2Cl2O2.C2H2NO2.2Na.H2O/c3-1(4)2(5)6;3-2(5)1-4;;;/h1H,(H,5,6);(H2,3,5);;;1H2/q;-1;2*+1;/p-2. The molecule has 0 heterocycles. The van der Waals surface area contributed by atoms with Gasteiger partial charge in [-0.3, -0.25) is 0 Å². The molecule has 0 rings (SSSR count). The van der Waals surface area contributed by atoms with Crippen LogP contribution in [0.15, 0.2) is 0 Å². The average Bonchev–Trinajstić information content (AvgIpc) is 1.89. The second-order valence-electron chi connectivity index (χ2n) is 1.09. The number of rotatable bonds is 2. The third kappa shape index (κ3) is 38.0. The quantitative estimate of drug-likeness (QED) is 0.229.